The lowest BCUT2D eigenvalue weighted by Crippen LogP contribution is -2.34. The van der Waals surface area contributed by atoms with E-state index in [1.807, 2.05) is 13.1 Å². The van der Waals surface area contributed by atoms with Crippen LogP contribution in [0.1, 0.15) is 60.1 Å². The summed E-state index contributed by atoms with van der Waals surface area (Å²) < 4.78 is 5.39. The predicted molar refractivity (Wildman–Crippen MR) is 87.2 cm³/mol. The van der Waals surface area contributed by atoms with Crippen LogP contribution in [0.4, 0.5) is 0 Å². The van der Waals surface area contributed by atoms with Crippen molar-refractivity contribution in [1.29, 1.82) is 0 Å². The maximum atomic E-state index is 5.39. The second-order valence-electron chi connectivity index (χ2n) is 6.86. The van der Waals surface area contributed by atoms with Crippen molar-refractivity contribution in [3.05, 3.63) is 40.8 Å². The fourth-order valence-corrected chi connectivity index (χ4v) is 3.97. The maximum absolute atomic E-state index is 5.39. The van der Waals surface area contributed by atoms with E-state index in [1.165, 1.54) is 48.9 Å². The van der Waals surface area contributed by atoms with Crippen molar-refractivity contribution < 1.29 is 4.52 Å². The molecule has 0 radical (unpaired) electrons. The van der Waals surface area contributed by atoms with Gasteiger partial charge in [0.15, 0.2) is 5.82 Å². The lowest BCUT2D eigenvalue weighted by Gasteiger charge is -2.31. The van der Waals surface area contributed by atoms with E-state index in [4.69, 9.17) is 9.51 Å². The number of nitrogens with zero attached hydrogens (tertiary/aromatic N) is 4. The number of likely N-dealkylation sites (tertiary alicyclic amines) is 1. The fourth-order valence-electron chi connectivity index (χ4n) is 3.97. The van der Waals surface area contributed by atoms with Crippen LogP contribution in [0.3, 0.4) is 0 Å². The van der Waals surface area contributed by atoms with Gasteiger partial charge in [-0.3, -0.25) is 9.88 Å². The van der Waals surface area contributed by atoms with Crippen molar-refractivity contribution in [3.8, 4) is 0 Å². The Morgan fingerprint density at radius 1 is 1.26 bits per heavy atom. The van der Waals surface area contributed by atoms with Crippen molar-refractivity contribution in [2.45, 2.75) is 57.9 Å². The summed E-state index contributed by atoms with van der Waals surface area (Å²) in [6.45, 7) is 4.96. The molecule has 5 nitrogen and oxygen atoms in total. The highest BCUT2D eigenvalue weighted by molar-refractivity contribution is 5.32. The molecule has 1 atom stereocenters. The first-order valence-electron chi connectivity index (χ1n) is 8.78. The maximum Gasteiger partial charge on any atom is 0.231 e. The van der Waals surface area contributed by atoms with Gasteiger partial charge in [-0.15, -0.1) is 0 Å². The number of fused-ring (bicyclic) bond motifs is 1. The highest BCUT2D eigenvalue weighted by Crippen LogP contribution is 2.28. The van der Waals surface area contributed by atoms with Crippen LogP contribution < -0.4 is 0 Å². The zero-order valence-corrected chi connectivity index (χ0v) is 13.8. The second kappa shape index (κ2) is 6.40. The van der Waals surface area contributed by atoms with Gasteiger partial charge in [0, 0.05) is 19.3 Å². The summed E-state index contributed by atoms with van der Waals surface area (Å²) in [6.07, 6.45) is 9.34. The molecule has 122 valence electrons. The Balaban J connectivity index is 1.48. The largest absolute Gasteiger partial charge is 0.339 e. The van der Waals surface area contributed by atoms with Gasteiger partial charge in [-0.1, -0.05) is 5.16 Å². The molecule has 5 heteroatoms. The second-order valence-corrected chi connectivity index (χ2v) is 6.86. The average Bonchev–Trinajstić information content (AvgIpc) is 3.02. The molecule has 4 rings (SSSR count). The van der Waals surface area contributed by atoms with Gasteiger partial charge < -0.3 is 4.52 Å². The van der Waals surface area contributed by atoms with Gasteiger partial charge in [0.2, 0.25) is 5.89 Å². The molecule has 0 saturated carbocycles. The molecular weight excluding hydrogens is 288 g/mol. The molecule has 1 aliphatic carbocycles. The zero-order chi connectivity index (χ0) is 15.6. The van der Waals surface area contributed by atoms with Gasteiger partial charge in [0.05, 0.1) is 11.6 Å². The number of rotatable bonds is 3. The van der Waals surface area contributed by atoms with E-state index in [9.17, 15) is 0 Å². The molecular formula is C18H24N4O. The molecule has 0 bridgehead atoms. The highest BCUT2D eigenvalue weighted by atomic mass is 16.5. The molecule has 0 amide bonds. The standard InChI is InChI=1S/C18H24N4O/c1-13-20-18(23-21-13)15-6-4-10-22(11-15)12-17-16-7-3-2-5-14(16)8-9-19-17/h8-9,15H,2-7,10-12H2,1H3. The Bertz CT molecular complexity index is 681. The molecule has 1 fully saturated rings. The van der Waals surface area contributed by atoms with E-state index < -0.39 is 0 Å². The van der Waals surface area contributed by atoms with Gasteiger partial charge in [-0.25, -0.2) is 0 Å². The molecule has 23 heavy (non-hydrogen) atoms. The molecule has 0 N–H and O–H groups in total. The van der Waals surface area contributed by atoms with E-state index >= 15 is 0 Å². The fraction of sp³-hybridized carbons (Fsp3) is 0.611. The van der Waals surface area contributed by atoms with Crippen LogP contribution in [0.15, 0.2) is 16.8 Å². The molecule has 1 saturated heterocycles. The van der Waals surface area contributed by atoms with Gasteiger partial charge in [-0.05, 0) is 69.2 Å². The van der Waals surface area contributed by atoms with Crippen LogP contribution in [0.25, 0.3) is 0 Å². The summed E-state index contributed by atoms with van der Waals surface area (Å²) >= 11 is 0. The SMILES string of the molecule is Cc1noc(C2CCCN(Cc3nccc4c3CCCC4)C2)n1. The number of aryl methyl sites for hydroxylation is 2. The van der Waals surface area contributed by atoms with E-state index in [1.54, 1.807) is 0 Å². The number of pyridine rings is 1. The monoisotopic (exact) mass is 312 g/mol. The Kier molecular flexibility index (Phi) is 4.12. The summed E-state index contributed by atoms with van der Waals surface area (Å²) in [5.41, 5.74) is 4.31. The van der Waals surface area contributed by atoms with Gasteiger partial charge >= 0.3 is 0 Å². The van der Waals surface area contributed by atoms with Crippen molar-refractivity contribution in [2.75, 3.05) is 13.1 Å². The number of piperidine rings is 1. The minimum Gasteiger partial charge on any atom is -0.339 e. The van der Waals surface area contributed by atoms with E-state index in [0.717, 1.165) is 37.8 Å². The zero-order valence-electron chi connectivity index (χ0n) is 13.8. The average molecular weight is 312 g/mol. The van der Waals surface area contributed by atoms with E-state index in [2.05, 4.69) is 21.1 Å². The number of hydrogen-bond donors (Lipinski definition) is 0. The Morgan fingerprint density at radius 3 is 3.04 bits per heavy atom. The smallest absolute Gasteiger partial charge is 0.231 e. The predicted octanol–water partition coefficient (Wildman–Crippen LogP) is 3.03. The van der Waals surface area contributed by atoms with Crippen molar-refractivity contribution in [3.63, 3.8) is 0 Å². The Labute approximate surface area is 137 Å². The Hall–Kier alpha value is -1.75. The van der Waals surface area contributed by atoms with Crippen LogP contribution >= 0.6 is 0 Å². The van der Waals surface area contributed by atoms with Crippen LogP contribution in [0.5, 0.6) is 0 Å². The van der Waals surface area contributed by atoms with E-state index in [0.29, 0.717) is 5.92 Å². The van der Waals surface area contributed by atoms with Gasteiger partial charge in [0.1, 0.15) is 0 Å². The topological polar surface area (TPSA) is 55.1 Å². The number of hydrogen-bond acceptors (Lipinski definition) is 5. The first-order valence-corrected chi connectivity index (χ1v) is 8.78. The lowest BCUT2D eigenvalue weighted by molar-refractivity contribution is 0.178. The first kappa shape index (κ1) is 14.8. The molecule has 1 unspecified atom stereocenters. The Morgan fingerprint density at radius 2 is 2.17 bits per heavy atom. The highest BCUT2D eigenvalue weighted by Gasteiger charge is 2.26. The molecule has 2 aromatic rings. The van der Waals surface area contributed by atoms with Crippen LogP contribution in [-0.2, 0) is 19.4 Å². The van der Waals surface area contributed by atoms with Crippen LogP contribution in [0.2, 0.25) is 0 Å². The normalized spacial score (nSPS) is 22.0. The quantitative estimate of drug-likeness (QED) is 0.872. The summed E-state index contributed by atoms with van der Waals surface area (Å²) in [5.74, 6) is 1.90. The number of aromatic nitrogens is 3. The summed E-state index contributed by atoms with van der Waals surface area (Å²) in [7, 11) is 0. The third-order valence-electron chi connectivity index (χ3n) is 5.14. The molecule has 2 aromatic heterocycles. The van der Waals surface area contributed by atoms with Crippen molar-refractivity contribution >= 4 is 0 Å². The summed E-state index contributed by atoms with van der Waals surface area (Å²) in [6, 6.07) is 2.21. The molecule has 2 aliphatic rings. The van der Waals surface area contributed by atoms with E-state index in [-0.39, 0.29) is 0 Å². The van der Waals surface area contributed by atoms with Crippen molar-refractivity contribution in [1.82, 2.24) is 20.0 Å². The minimum absolute atomic E-state index is 0.365. The van der Waals surface area contributed by atoms with Crippen molar-refractivity contribution in [2.24, 2.45) is 0 Å². The first-order chi connectivity index (χ1) is 11.3. The van der Waals surface area contributed by atoms with Gasteiger partial charge in [-0.2, -0.15) is 4.98 Å². The van der Waals surface area contributed by atoms with Crippen LogP contribution in [-0.4, -0.2) is 33.1 Å². The molecule has 1 aliphatic heterocycles. The third-order valence-corrected chi connectivity index (χ3v) is 5.14. The molecule has 0 spiro atoms. The van der Waals surface area contributed by atoms with Crippen LogP contribution in [0, 0.1) is 6.92 Å². The summed E-state index contributed by atoms with van der Waals surface area (Å²) in [4.78, 5) is 11.6. The molecule has 3 heterocycles. The summed E-state index contributed by atoms with van der Waals surface area (Å²) in [5, 5.41) is 3.94. The third kappa shape index (κ3) is 3.15. The van der Waals surface area contributed by atoms with Gasteiger partial charge in [0.25, 0.3) is 0 Å². The minimum atomic E-state index is 0.365. The molecule has 0 aromatic carbocycles. The lowest BCUT2D eigenvalue weighted by atomic mass is 9.90.